The maximum atomic E-state index is 12.0. The Labute approximate surface area is 158 Å². The van der Waals surface area contributed by atoms with E-state index >= 15 is 0 Å². The number of hydrogen-bond acceptors (Lipinski definition) is 3. The van der Waals surface area contributed by atoms with Crippen molar-refractivity contribution in [3.05, 3.63) is 80.8 Å². The van der Waals surface area contributed by atoms with Gasteiger partial charge in [-0.25, -0.2) is 0 Å². The van der Waals surface area contributed by atoms with Crippen LogP contribution in [-0.2, 0) is 17.9 Å². The van der Waals surface area contributed by atoms with E-state index in [9.17, 15) is 4.79 Å². The molecule has 2 heterocycles. The van der Waals surface area contributed by atoms with Gasteiger partial charge in [-0.2, -0.15) is 5.10 Å². The van der Waals surface area contributed by atoms with E-state index in [0.29, 0.717) is 6.54 Å². The Balaban J connectivity index is 1.67. The van der Waals surface area contributed by atoms with E-state index in [1.54, 1.807) is 17.4 Å². The molecule has 0 saturated heterocycles. The second kappa shape index (κ2) is 8.15. The molecule has 0 saturated carbocycles. The molecule has 3 rings (SSSR count). The number of amides is 1. The molecule has 5 heteroatoms. The van der Waals surface area contributed by atoms with Crippen molar-refractivity contribution in [2.75, 3.05) is 0 Å². The summed E-state index contributed by atoms with van der Waals surface area (Å²) in [5, 5.41) is 9.54. The molecule has 1 aromatic carbocycles. The Morgan fingerprint density at radius 1 is 1.19 bits per heavy atom. The molecular weight excluding hydrogens is 342 g/mol. The number of nitrogens with one attached hydrogen (secondary N) is 1. The Hall–Kier alpha value is -2.66. The Bertz CT molecular complexity index is 906. The number of carbonyl (C=O) groups is 1. The predicted octanol–water partition coefficient (Wildman–Crippen LogP) is 4.25. The molecule has 1 N–H and O–H groups in total. The number of aryl methyl sites for hydroxylation is 2. The third-order valence-corrected chi connectivity index (χ3v) is 5.19. The molecule has 0 spiro atoms. The zero-order valence-corrected chi connectivity index (χ0v) is 16.1. The first-order chi connectivity index (χ1) is 12.5. The molecule has 0 fully saturated rings. The van der Waals surface area contributed by atoms with Crippen molar-refractivity contribution in [2.45, 2.75) is 33.9 Å². The van der Waals surface area contributed by atoms with Gasteiger partial charge in [0, 0.05) is 22.2 Å². The summed E-state index contributed by atoms with van der Waals surface area (Å²) in [5.74, 6) is -0.0940. The minimum atomic E-state index is -0.0940. The number of rotatable bonds is 6. The van der Waals surface area contributed by atoms with Gasteiger partial charge in [0.2, 0.25) is 5.91 Å². The van der Waals surface area contributed by atoms with Gasteiger partial charge >= 0.3 is 0 Å². The third-order valence-electron chi connectivity index (χ3n) is 4.31. The molecule has 4 nitrogen and oxygen atoms in total. The van der Waals surface area contributed by atoms with Crippen LogP contribution in [0.3, 0.4) is 0 Å². The Morgan fingerprint density at radius 2 is 1.96 bits per heavy atom. The number of nitrogens with zero attached hydrogens (tertiary/aromatic N) is 2. The predicted molar refractivity (Wildman–Crippen MR) is 107 cm³/mol. The van der Waals surface area contributed by atoms with Gasteiger partial charge < -0.3 is 5.32 Å². The van der Waals surface area contributed by atoms with Crippen LogP contribution >= 0.6 is 11.3 Å². The smallest absolute Gasteiger partial charge is 0.244 e. The van der Waals surface area contributed by atoms with Crippen LogP contribution < -0.4 is 5.32 Å². The number of carbonyl (C=O) groups excluding carboxylic acids is 1. The van der Waals surface area contributed by atoms with E-state index in [-0.39, 0.29) is 5.91 Å². The molecule has 2 aromatic heterocycles. The van der Waals surface area contributed by atoms with Crippen LogP contribution in [0.5, 0.6) is 0 Å². The van der Waals surface area contributed by atoms with Crippen LogP contribution in [0.1, 0.15) is 33.0 Å². The number of hydrogen-bond donors (Lipinski definition) is 1. The van der Waals surface area contributed by atoms with Gasteiger partial charge in [0.05, 0.1) is 18.8 Å². The summed E-state index contributed by atoms with van der Waals surface area (Å²) in [6.45, 7) is 7.38. The quantitative estimate of drug-likeness (QED) is 0.664. The lowest BCUT2D eigenvalue weighted by Gasteiger charge is -2.05. The van der Waals surface area contributed by atoms with Gasteiger partial charge in [-0.1, -0.05) is 35.9 Å². The lowest BCUT2D eigenvalue weighted by molar-refractivity contribution is -0.116. The first kappa shape index (κ1) is 18.1. The second-order valence-corrected chi connectivity index (χ2v) is 7.39. The first-order valence-electron chi connectivity index (χ1n) is 8.61. The Kier molecular flexibility index (Phi) is 5.68. The highest BCUT2D eigenvalue weighted by molar-refractivity contribution is 7.09. The van der Waals surface area contributed by atoms with Gasteiger partial charge in [-0.15, -0.1) is 11.3 Å². The van der Waals surface area contributed by atoms with E-state index < -0.39 is 0 Å². The standard InChI is InChI=1S/C21H23N3OS/c1-15-6-8-18(9-7-15)14-24-17(3)20(16(2)23-24)10-11-21(25)22-13-19-5-4-12-26-19/h4-12H,13-14H2,1-3H3,(H,22,25)/b11-10+. The average molecular weight is 366 g/mol. The SMILES string of the molecule is Cc1ccc(Cn2nc(C)c(/C=C/C(=O)NCc3cccs3)c2C)cc1. The fourth-order valence-electron chi connectivity index (χ4n) is 2.78. The molecule has 0 radical (unpaired) electrons. The van der Waals surface area contributed by atoms with Crippen molar-refractivity contribution >= 4 is 23.3 Å². The van der Waals surface area contributed by atoms with Crippen molar-refractivity contribution < 1.29 is 4.79 Å². The highest BCUT2D eigenvalue weighted by atomic mass is 32.1. The van der Waals surface area contributed by atoms with Gasteiger partial charge in [0.15, 0.2) is 0 Å². The van der Waals surface area contributed by atoms with Gasteiger partial charge in [0.25, 0.3) is 0 Å². The minimum absolute atomic E-state index is 0.0940. The van der Waals surface area contributed by atoms with Crippen LogP contribution in [0, 0.1) is 20.8 Å². The molecule has 3 aromatic rings. The highest BCUT2D eigenvalue weighted by Gasteiger charge is 2.10. The van der Waals surface area contributed by atoms with Crippen LogP contribution in [0.4, 0.5) is 0 Å². The van der Waals surface area contributed by atoms with Crippen molar-refractivity contribution in [1.29, 1.82) is 0 Å². The molecule has 134 valence electrons. The normalized spacial score (nSPS) is 11.2. The third kappa shape index (κ3) is 4.49. The van der Waals surface area contributed by atoms with E-state index in [0.717, 1.165) is 28.4 Å². The average Bonchev–Trinajstić information content (AvgIpc) is 3.23. The topological polar surface area (TPSA) is 46.9 Å². The number of thiophene rings is 1. The molecule has 0 aliphatic heterocycles. The van der Waals surface area contributed by atoms with E-state index in [4.69, 9.17) is 0 Å². The summed E-state index contributed by atoms with van der Waals surface area (Å²) in [6, 6.07) is 12.5. The zero-order valence-electron chi connectivity index (χ0n) is 15.3. The largest absolute Gasteiger partial charge is 0.348 e. The summed E-state index contributed by atoms with van der Waals surface area (Å²) in [6.07, 6.45) is 3.44. The maximum Gasteiger partial charge on any atom is 0.244 e. The highest BCUT2D eigenvalue weighted by Crippen LogP contribution is 2.17. The molecule has 0 unspecified atom stereocenters. The van der Waals surface area contributed by atoms with Gasteiger partial charge in [-0.3, -0.25) is 9.48 Å². The molecular formula is C21H23N3OS. The fraction of sp³-hybridized carbons (Fsp3) is 0.238. The summed E-state index contributed by atoms with van der Waals surface area (Å²) < 4.78 is 1.99. The number of aromatic nitrogens is 2. The minimum Gasteiger partial charge on any atom is -0.348 e. The number of benzene rings is 1. The lowest BCUT2D eigenvalue weighted by Crippen LogP contribution is -2.19. The molecule has 0 bridgehead atoms. The Morgan fingerprint density at radius 3 is 2.65 bits per heavy atom. The molecule has 26 heavy (non-hydrogen) atoms. The molecule has 0 aliphatic carbocycles. The van der Waals surface area contributed by atoms with Crippen LogP contribution in [0.15, 0.2) is 47.9 Å². The maximum absolute atomic E-state index is 12.0. The molecule has 0 aliphatic rings. The van der Waals surface area contributed by atoms with Crippen LogP contribution in [-0.4, -0.2) is 15.7 Å². The monoisotopic (exact) mass is 365 g/mol. The molecule has 1 amide bonds. The lowest BCUT2D eigenvalue weighted by atomic mass is 10.1. The zero-order chi connectivity index (χ0) is 18.5. The summed E-state index contributed by atoms with van der Waals surface area (Å²) >= 11 is 1.64. The fourth-order valence-corrected chi connectivity index (χ4v) is 3.42. The van der Waals surface area contributed by atoms with Crippen molar-refractivity contribution in [3.63, 3.8) is 0 Å². The summed E-state index contributed by atoms with van der Waals surface area (Å²) in [5.41, 5.74) is 5.45. The van der Waals surface area contributed by atoms with E-state index in [1.807, 2.05) is 42.1 Å². The van der Waals surface area contributed by atoms with E-state index in [1.165, 1.54) is 11.1 Å². The van der Waals surface area contributed by atoms with Crippen LogP contribution in [0.2, 0.25) is 0 Å². The van der Waals surface area contributed by atoms with Crippen LogP contribution in [0.25, 0.3) is 6.08 Å². The summed E-state index contributed by atoms with van der Waals surface area (Å²) in [4.78, 5) is 13.2. The van der Waals surface area contributed by atoms with Gasteiger partial charge in [-0.05, 0) is 43.9 Å². The van der Waals surface area contributed by atoms with Gasteiger partial charge in [0.1, 0.15) is 0 Å². The second-order valence-electron chi connectivity index (χ2n) is 6.36. The molecule has 0 atom stereocenters. The first-order valence-corrected chi connectivity index (χ1v) is 9.49. The van der Waals surface area contributed by atoms with E-state index in [2.05, 4.69) is 41.6 Å². The summed E-state index contributed by atoms with van der Waals surface area (Å²) in [7, 11) is 0. The van der Waals surface area contributed by atoms with Crippen molar-refractivity contribution in [2.24, 2.45) is 0 Å². The van der Waals surface area contributed by atoms with Crippen molar-refractivity contribution in [3.8, 4) is 0 Å². The van der Waals surface area contributed by atoms with Crippen molar-refractivity contribution in [1.82, 2.24) is 15.1 Å².